The minimum atomic E-state index is -0.118. The number of anilines is 1. The van der Waals surface area contributed by atoms with E-state index in [1.165, 1.54) is 7.11 Å². The van der Waals surface area contributed by atoms with E-state index in [0.717, 1.165) is 19.3 Å². The number of carbonyl (C=O) groups is 1. The Bertz CT molecular complexity index is 462. The fourth-order valence-corrected chi connectivity index (χ4v) is 2.48. The first kappa shape index (κ1) is 13.7. The molecular weight excluding hydrogens is 244 g/mol. The molecule has 5 heteroatoms. The van der Waals surface area contributed by atoms with Crippen molar-refractivity contribution in [3.8, 4) is 5.75 Å². The van der Waals surface area contributed by atoms with Crippen molar-refractivity contribution in [2.45, 2.75) is 31.4 Å². The van der Waals surface area contributed by atoms with E-state index in [1.807, 2.05) is 0 Å². The molecule has 1 fully saturated rings. The first-order chi connectivity index (χ1) is 9.15. The van der Waals surface area contributed by atoms with Gasteiger partial charge in [-0.25, -0.2) is 0 Å². The van der Waals surface area contributed by atoms with Gasteiger partial charge in [-0.2, -0.15) is 0 Å². The molecule has 1 amide bonds. The van der Waals surface area contributed by atoms with Crippen LogP contribution in [0, 0.1) is 0 Å². The number of amides is 1. The molecule has 0 bridgehead atoms. The third-order valence-corrected chi connectivity index (χ3v) is 3.57. The molecule has 0 saturated heterocycles. The lowest BCUT2D eigenvalue weighted by Gasteiger charge is -2.19. The highest BCUT2D eigenvalue weighted by Gasteiger charge is 2.28. The van der Waals surface area contributed by atoms with E-state index in [0.29, 0.717) is 17.0 Å². The summed E-state index contributed by atoms with van der Waals surface area (Å²) in [7, 11) is 3.21. The number of nitrogens with one attached hydrogen (secondary N) is 1. The number of hydrogen-bond acceptors (Lipinski definition) is 4. The van der Waals surface area contributed by atoms with E-state index in [-0.39, 0.29) is 18.1 Å². The average Bonchev–Trinajstić information content (AvgIpc) is 2.86. The monoisotopic (exact) mass is 264 g/mol. The van der Waals surface area contributed by atoms with Crippen molar-refractivity contribution in [1.29, 1.82) is 0 Å². The van der Waals surface area contributed by atoms with Crippen molar-refractivity contribution >= 4 is 11.6 Å². The molecule has 1 aromatic carbocycles. The molecule has 1 aliphatic rings. The fourth-order valence-electron chi connectivity index (χ4n) is 2.48. The van der Waals surface area contributed by atoms with Crippen LogP contribution in [0.25, 0.3) is 0 Å². The summed E-state index contributed by atoms with van der Waals surface area (Å²) in [5, 5.41) is 3.01. The van der Waals surface area contributed by atoms with Crippen LogP contribution >= 0.6 is 0 Å². The normalized spacial score (nSPS) is 22.2. The molecule has 1 aromatic rings. The minimum Gasteiger partial charge on any atom is -0.495 e. The van der Waals surface area contributed by atoms with Gasteiger partial charge in [-0.3, -0.25) is 4.79 Å². The summed E-state index contributed by atoms with van der Waals surface area (Å²) in [6.45, 7) is 0. The number of benzene rings is 1. The molecule has 0 radical (unpaired) electrons. The van der Waals surface area contributed by atoms with Crippen molar-refractivity contribution < 1.29 is 14.3 Å². The van der Waals surface area contributed by atoms with Crippen LogP contribution in [-0.4, -0.2) is 32.3 Å². The van der Waals surface area contributed by atoms with Crippen molar-refractivity contribution in [3.63, 3.8) is 0 Å². The molecule has 0 spiro atoms. The number of carbonyl (C=O) groups excluding carboxylic acids is 1. The molecule has 3 N–H and O–H groups in total. The molecule has 19 heavy (non-hydrogen) atoms. The van der Waals surface area contributed by atoms with Gasteiger partial charge in [0.05, 0.1) is 24.9 Å². The van der Waals surface area contributed by atoms with Crippen LogP contribution in [0.5, 0.6) is 5.75 Å². The van der Waals surface area contributed by atoms with Crippen LogP contribution in [0.2, 0.25) is 0 Å². The van der Waals surface area contributed by atoms with E-state index >= 15 is 0 Å². The van der Waals surface area contributed by atoms with Crippen LogP contribution in [0.15, 0.2) is 18.2 Å². The summed E-state index contributed by atoms with van der Waals surface area (Å²) < 4.78 is 10.5. The van der Waals surface area contributed by atoms with Gasteiger partial charge in [0.1, 0.15) is 5.75 Å². The number of rotatable bonds is 4. The number of methoxy groups -OCH3 is 2. The lowest BCUT2D eigenvalue weighted by atomic mass is 10.1. The Balaban J connectivity index is 2.07. The van der Waals surface area contributed by atoms with Gasteiger partial charge in [-0.15, -0.1) is 0 Å². The highest BCUT2D eigenvalue weighted by molar-refractivity contribution is 5.95. The van der Waals surface area contributed by atoms with Gasteiger partial charge >= 0.3 is 0 Å². The maximum absolute atomic E-state index is 12.2. The molecule has 5 nitrogen and oxygen atoms in total. The minimum absolute atomic E-state index is 0.0843. The predicted octanol–water partition coefficient (Wildman–Crippen LogP) is 1.57. The molecule has 104 valence electrons. The third kappa shape index (κ3) is 2.98. The summed E-state index contributed by atoms with van der Waals surface area (Å²) in [6, 6.07) is 5.11. The van der Waals surface area contributed by atoms with Crippen LogP contribution in [0.3, 0.4) is 0 Å². The van der Waals surface area contributed by atoms with Crippen molar-refractivity contribution in [2.24, 2.45) is 0 Å². The fraction of sp³-hybridized carbons (Fsp3) is 0.500. The van der Waals surface area contributed by atoms with Gasteiger partial charge in [0.15, 0.2) is 0 Å². The predicted molar refractivity (Wildman–Crippen MR) is 73.3 cm³/mol. The quantitative estimate of drug-likeness (QED) is 0.810. The van der Waals surface area contributed by atoms with Gasteiger partial charge in [0.2, 0.25) is 0 Å². The number of nitrogens with two attached hydrogens (primary N) is 1. The Morgan fingerprint density at radius 1 is 1.37 bits per heavy atom. The zero-order chi connectivity index (χ0) is 13.8. The van der Waals surface area contributed by atoms with E-state index in [1.54, 1.807) is 25.3 Å². The third-order valence-electron chi connectivity index (χ3n) is 3.57. The second-order valence-corrected chi connectivity index (χ2v) is 4.74. The van der Waals surface area contributed by atoms with E-state index in [9.17, 15) is 4.79 Å². The van der Waals surface area contributed by atoms with E-state index in [4.69, 9.17) is 15.2 Å². The Hall–Kier alpha value is -1.75. The zero-order valence-electron chi connectivity index (χ0n) is 11.3. The second-order valence-electron chi connectivity index (χ2n) is 4.74. The zero-order valence-corrected chi connectivity index (χ0v) is 11.3. The molecule has 1 aliphatic carbocycles. The summed E-state index contributed by atoms with van der Waals surface area (Å²) in [5.74, 6) is 0.398. The van der Waals surface area contributed by atoms with Gasteiger partial charge in [-0.05, 0) is 37.5 Å². The smallest absolute Gasteiger partial charge is 0.251 e. The largest absolute Gasteiger partial charge is 0.495 e. The molecule has 1 saturated carbocycles. The second kappa shape index (κ2) is 5.93. The number of hydrogen-bond donors (Lipinski definition) is 2. The topological polar surface area (TPSA) is 73.6 Å². The van der Waals surface area contributed by atoms with Crippen molar-refractivity contribution in [3.05, 3.63) is 23.8 Å². The molecule has 0 aliphatic heterocycles. The molecule has 0 heterocycles. The summed E-state index contributed by atoms with van der Waals surface area (Å²) in [6.07, 6.45) is 3.14. The van der Waals surface area contributed by atoms with Crippen molar-refractivity contribution in [1.82, 2.24) is 5.32 Å². The SMILES string of the molecule is COc1cc(C(=O)NC2CCCC2OC)ccc1N. The van der Waals surface area contributed by atoms with E-state index < -0.39 is 0 Å². The lowest BCUT2D eigenvalue weighted by molar-refractivity contribution is 0.0722. The number of ether oxygens (including phenoxy) is 2. The maximum Gasteiger partial charge on any atom is 0.251 e. The van der Waals surface area contributed by atoms with Crippen LogP contribution in [0.1, 0.15) is 29.6 Å². The van der Waals surface area contributed by atoms with Crippen LogP contribution in [-0.2, 0) is 4.74 Å². The Labute approximate surface area is 113 Å². The van der Waals surface area contributed by atoms with Crippen LogP contribution in [0.4, 0.5) is 5.69 Å². The average molecular weight is 264 g/mol. The highest BCUT2D eigenvalue weighted by atomic mass is 16.5. The lowest BCUT2D eigenvalue weighted by Crippen LogP contribution is -2.40. The summed E-state index contributed by atoms with van der Waals surface area (Å²) >= 11 is 0. The maximum atomic E-state index is 12.2. The summed E-state index contributed by atoms with van der Waals surface area (Å²) in [4.78, 5) is 12.2. The molecule has 0 aromatic heterocycles. The van der Waals surface area contributed by atoms with Gasteiger partial charge in [-0.1, -0.05) is 0 Å². The van der Waals surface area contributed by atoms with Gasteiger partial charge in [0.25, 0.3) is 5.91 Å². The molecule has 2 rings (SSSR count). The molecule has 2 atom stereocenters. The summed E-state index contributed by atoms with van der Waals surface area (Å²) in [5.41, 5.74) is 6.80. The highest BCUT2D eigenvalue weighted by Crippen LogP contribution is 2.24. The number of nitrogen functional groups attached to an aromatic ring is 1. The Kier molecular flexibility index (Phi) is 4.27. The van der Waals surface area contributed by atoms with Gasteiger partial charge in [0, 0.05) is 12.7 Å². The molecule has 2 unspecified atom stereocenters. The molecular formula is C14H20N2O3. The van der Waals surface area contributed by atoms with E-state index in [2.05, 4.69) is 5.32 Å². The Morgan fingerprint density at radius 3 is 2.84 bits per heavy atom. The standard InChI is InChI=1S/C14H20N2O3/c1-18-12-5-3-4-11(12)16-14(17)9-6-7-10(15)13(8-9)19-2/h6-8,11-12H,3-5,15H2,1-2H3,(H,16,17). The first-order valence-corrected chi connectivity index (χ1v) is 6.43. The first-order valence-electron chi connectivity index (χ1n) is 6.43. The van der Waals surface area contributed by atoms with Crippen LogP contribution < -0.4 is 15.8 Å². The van der Waals surface area contributed by atoms with Crippen molar-refractivity contribution in [2.75, 3.05) is 20.0 Å². The Morgan fingerprint density at radius 2 is 2.16 bits per heavy atom. The van der Waals surface area contributed by atoms with Gasteiger partial charge < -0.3 is 20.5 Å².